The summed E-state index contributed by atoms with van der Waals surface area (Å²) in [4.78, 5) is 31.0. The van der Waals surface area contributed by atoms with Crippen LogP contribution in [0.5, 0.6) is 5.75 Å². The maximum atomic E-state index is 11.8. The van der Waals surface area contributed by atoms with E-state index in [2.05, 4.69) is 9.98 Å². The molecule has 6 nitrogen and oxygen atoms in total. The largest absolute Gasteiger partial charge is 0.491 e. The minimum atomic E-state index is -0.572. The van der Waals surface area contributed by atoms with E-state index in [1.54, 1.807) is 0 Å². The van der Waals surface area contributed by atoms with Crippen molar-refractivity contribution in [1.82, 2.24) is 4.98 Å². The van der Waals surface area contributed by atoms with E-state index in [9.17, 15) is 9.59 Å². The van der Waals surface area contributed by atoms with Crippen molar-refractivity contribution in [1.29, 1.82) is 0 Å². The van der Waals surface area contributed by atoms with Crippen LogP contribution >= 0.6 is 23.1 Å². The summed E-state index contributed by atoms with van der Waals surface area (Å²) < 4.78 is 11.5. The van der Waals surface area contributed by atoms with Crippen molar-refractivity contribution >= 4 is 50.6 Å². The molecule has 8 heteroatoms. The molecule has 0 bridgehead atoms. The highest BCUT2D eigenvalue weighted by Gasteiger charge is 2.28. The van der Waals surface area contributed by atoms with Crippen LogP contribution in [0.1, 0.15) is 18.9 Å². The third-order valence-electron chi connectivity index (χ3n) is 3.13. The number of carbonyl (C=O) groups is 2. The van der Waals surface area contributed by atoms with Gasteiger partial charge in [-0.2, -0.15) is 0 Å². The van der Waals surface area contributed by atoms with E-state index in [0.29, 0.717) is 12.0 Å². The highest BCUT2D eigenvalue weighted by molar-refractivity contribution is 8.15. The molecular weight excluding hydrogens is 348 g/mol. The third kappa shape index (κ3) is 3.76. The Morgan fingerprint density at radius 2 is 2.29 bits per heavy atom. The van der Waals surface area contributed by atoms with Crippen molar-refractivity contribution in [2.75, 3.05) is 12.4 Å². The first-order valence-electron chi connectivity index (χ1n) is 7.45. The molecular formula is C16H16N2O4S2. The van der Waals surface area contributed by atoms with Crippen LogP contribution in [0.2, 0.25) is 0 Å². The maximum Gasteiger partial charge on any atom is 0.332 e. The summed E-state index contributed by atoms with van der Waals surface area (Å²) in [6.07, 6.45) is 0.664. The monoisotopic (exact) mass is 364 g/mol. The molecule has 2 aromatic rings. The number of fused-ring (bicyclic) bond motifs is 1. The Bertz CT molecular complexity index is 800. The van der Waals surface area contributed by atoms with Gasteiger partial charge in [-0.25, -0.2) is 9.78 Å². The predicted molar refractivity (Wildman–Crippen MR) is 95.2 cm³/mol. The van der Waals surface area contributed by atoms with Gasteiger partial charge in [-0.05, 0) is 32.0 Å². The molecule has 1 atom stereocenters. The number of esters is 1. The molecule has 0 aliphatic carbocycles. The van der Waals surface area contributed by atoms with Gasteiger partial charge < -0.3 is 9.47 Å². The van der Waals surface area contributed by atoms with Crippen LogP contribution in [0.4, 0.5) is 0 Å². The molecule has 0 spiro atoms. The second-order valence-electron chi connectivity index (χ2n) is 5.37. The number of ether oxygens (including phenoxy) is 2. The minimum Gasteiger partial charge on any atom is -0.491 e. The van der Waals surface area contributed by atoms with Gasteiger partial charge >= 0.3 is 5.97 Å². The molecule has 0 saturated heterocycles. The molecule has 2 heterocycles. The fraction of sp³-hybridized carbons (Fsp3) is 0.375. The van der Waals surface area contributed by atoms with Crippen LogP contribution in [-0.2, 0) is 14.3 Å². The Morgan fingerprint density at radius 3 is 3.04 bits per heavy atom. The van der Waals surface area contributed by atoms with Gasteiger partial charge in [0.15, 0.2) is 12.3 Å². The quantitative estimate of drug-likeness (QED) is 0.579. The van der Waals surface area contributed by atoms with Crippen molar-refractivity contribution < 1.29 is 19.1 Å². The van der Waals surface area contributed by atoms with Crippen LogP contribution < -0.4 is 4.74 Å². The van der Waals surface area contributed by atoms with Crippen LogP contribution in [0.25, 0.3) is 10.2 Å². The predicted octanol–water partition coefficient (Wildman–Crippen LogP) is 2.69. The zero-order valence-corrected chi connectivity index (χ0v) is 14.9. The molecule has 1 aromatic carbocycles. The number of aromatic nitrogens is 1. The highest BCUT2D eigenvalue weighted by atomic mass is 32.2. The van der Waals surface area contributed by atoms with Gasteiger partial charge in [0.25, 0.3) is 0 Å². The second-order valence-corrected chi connectivity index (χ2v) is 7.41. The summed E-state index contributed by atoms with van der Waals surface area (Å²) in [7, 11) is 0. The van der Waals surface area contributed by atoms with Crippen molar-refractivity contribution in [3.05, 3.63) is 23.2 Å². The lowest BCUT2D eigenvalue weighted by Crippen LogP contribution is -2.22. The lowest BCUT2D eigenvalue weighted by atomic mass is 10.3. The number of thiazole rings is 1. The van der Waals surface area contributed by atoms with Crippen molar-refractivity contribution in [2.24, 2.45) is 4.99 Å². The number of rotatable bonds is 6. The smallest absolute Gasteiger partial charge is 0.332 e. The molecule has 0 fully saturated rings. The molecule has 1 aliphatic heterocycles. The number of nitrogens with zero attached hydrogens (tertiary/aromatic N) is 2. The van der Waals surface area contributed by atoms with Crippen molar-refractivity contribution in [3.63, 3.8) is 0 Å². The molecule has 24 heavy (non-hydrogen) atoms. The Labute approximate surface area is 147 Å². The Kier molecular flexibility index (Phi) is 5.15. The van der Waals surface area contributed by atoms with Gasteiger partial charge in [0.1, 0.15) is 22.4 Å². The molecule has 126 valence electrons. The van der Waals surface area contributed by atoms with Gasteiger partial charge in [0, 0.05) is 5.75 Å². The van der Waals surface area contributed by atoms with E-state index >= 15 is 0 Å². The number of hydrogen-bond donors (Lipinski definition) is 0. The standard InChI is InChI=1S/C16H16N2O4S2/c1-9(2)22-10-3-4-11-13(7-10)24-15(17-11)14-18-12(8-23-14)16(20)21-6-5-19/h3-5,7,9,12H,6,8H2,1-2H3. The number of aldehydes is 1. The molecule has 0 saturated carbocycles. The summed E-state index contributed by atoms with van der Waals surface area (Å²) in [5.41, 5.74) is 0.876. The van der Waals surface area contributed by atoms with Crippen LogP contribution in [0, 0.1) is 0 Å². The Hall–Kier alpha value is -1.93. The average Bonchev–Trinajstić information content (AvgIpc) is 3.17. The molecule has 1 aromatic heterocycles. The summed E-state index contributed by atoms with van der Waals surface area (Å²) in [5.74, 6) is 0.840. The van der Waals surface area contributed by atoms with E-state index < -0.39 is 12.0 Å². The SMILES string of the molecule is CC(C)Oc1ccc2nc(C3=NC(C(=O)OCC=O)CS3)sc2c1. The van der Waals surface area contributed by atoms with Gasteiger partial charge in [-0.15, -0.1) is 23.1 Å². The van der Waals surface area contributed by atoms with E-state index in [-0.39, 0.29) is 12.7 Å². The first-order valence-corrected chi connectivity index (χ1v) is 9.25. The minimum absolute atomic E-state index is 0.114. The highest BCUT2D eigenvalue weighted by Crippen LogP contribution is 2.32. The Morgan fingerprint density at radius 1 is 1.46 bits per heavy atom. The van der Waals surface area contributed by atoms with E-state index in [1.807, 2.05) is 32.0 Å². The van der Waals surface area contributed by atoms with Gasteiger partial charge in [0.05, 0.1) is 16.3 Å². The first kappa shape index (κ1) is 16.9. The first-order chi connectivity index (χ1) is 11.6. The average molecular weight is 364 g/mol. The van der Waals surface area contributed by atoms with Gasteiger partial charge in [0.2, 0.25) is 0 Å². The Balaban J connectivity index is 1.79. The summed E-state index contributed by atoms with van der Waals surface area (Å²) >= 11 is 2.99. The van der Waals surface area contributed by atoms with Crippen molar-refractivity contribution in [3.8, 4) is 5.75 Å². The number of thioether (sulfide) groups is 1. The lowest BCUT2D eigenvalue weighted by Gasteiger charge is -2.08. The van der Waals surface area contributed by atoms with Crippen molar-refractivity contribution in [2.45, 2.75) is 26.0 Å². The van der Waals surface area contributed by atoms with E-state index in [0.717, 1.165) is 26.0 Å². The molecule has 0 N–H and O–H groups in total. The number of carbonyl (C=O) groups excluding carboxylic acids is 2. The fourth-order valence-electron chi connectivity index (χ4n) is 2.17. The number of benzene rings is 1. The van der Waals surface area contributed by atoms with Crippen LogP contribution in [0.3, 0.4) is 0 Å². The summed E-state index contributed by atoms with van der Waals surface area (Å²) in [5, 5.41) is 1.51. The molecule has 3 rings (SSSR count). The zero-order valence-electron chi connectivity index (χ0n) is 13.2. The molecule has 0 amide bonds. The number of aliphatic imine (C=N–C) groups is 1. The van der Waals surface area contributed by atoms with E-state index in [4.69, 9.17) is 9.47 Å². The topological polar surface area (TPSA) is 77.8 Å². The lowest BCUT2D eigenvalue weighted by molar-refractivity contribution is -0.146. The third-order valence-corrected chi connectivity index (χ3v) is 5.34. The van der Waals surface area contributed by atoms with Gasteiger partial charge in [-0.1, -0.05) is 0 Å². The molecule has 1 unspecified atom stereocenters. The van der Waals surface area contributed by atoms with Crippen LogP contribution in [-0.4, -0.2) is 46.8 Å². The second kappa shape index (κ2) is 7.31. The van der Waals surface area contributed by atoms with E-state index in [1.165, 1.54) is 23.1 Å². The number of hydrogen-bond acceptors (Lipinski definition) is 8. The summed E-state index contributed by atoms with van der Waals surface area (Å²) in [6.45, 7) is 3.73. The normalized spacial score (nSPS) is 17.1. The molecule has 0 radical (unpaired) electrons. The zero-order chi connectivity index (χ0) is 17.1. The van der Waals surface area contributed by atoms with Gasteiger partial charge in [-0.3, -0.25) is 9.79 Å². The fourth-order valence-corrected chi connectivity index (χ4v) is 4.25. The molecule has 1 aliphatic rings. The van der Waals surface area contributed by atoms with Crippen LogP contribution in [0.15, 0.2) is 23.2 Å². The maximum absolute atomic E-state index is 11.8. The summed E-state index contributed by atoms with van der Waals surface area (Å²) in [6, 6.07) is 5.21.